The van der Waals surface area contributed by atoms with Crippen LogP contribution >= 0.6 is 7.14 Å². The van der Waals surface area contributed by atoms with Crippen molar-refractivity contribution in [1.29, 1.82) is 0 Å². The lowest BCUT2D eigenvalue weighted by Gasteiger charge is -2.19. The summed E-state index contributed by atoms with van der Waals surface area (Å²) in [5.41, 5.74) is 5.51. The van der Waals surface area contributed by atoms with E-state index in [1.54, 1.807) is 0 Å². The van der Waals surface area contributed by atoms with Gasteiger partial charge in [0.05, 0.1) is 0 Å². The number of hydrogen-bond donors (Lipinski definition) is 2. The highest BCUT2D eigenvalue weighted by Crippen LogP contribution is 2.44. The molecule has 0 aliphatic rings. The number of rotatable bonds is 9. The predicted molar refractivity (Wildman–Crippen MR) is 98.7 cm³/mol. The van der Waals surface area contributed by atoms with Gasteiger partial charge in [-0.05, 0) is 12.8 Å². The van der Waals surface area contributed by atoms with Gasteiger partial charge in [-0.15, -0.1) is 0 Å². The van der Waals surface area contributed by atoms with Crippen molar-refractivity contribution in [3.05, 3.63) is 60.7 Å². The van der Waals surface area contributed by atoms with Crippen LogP contribution in [0.4, 0.5) is 0 Å². The summed E-state index contributed by atoms with van der Waals surface area (Å²) in [5.74, 6) is -0.964. The van der Waals surface area contributed by atoms with Crippen LogP contribution in [0.5, 0.6) is 0 Å². The molecule has 0 aliphatic carbocycles. The molecule has 2 aromatic rings. The summed E-state index contributed by atoms with van der Waals surface area (Å²) in [4.78, 5) is 10.7. The van der Waals surface area contributed by atoms with Gasteiger partial charge in [0.1, 0.15) is 13.2 Å². The minimum Gasteiger partial charge on any atom is -0.480 e. The molecule has 0 spiro atoms. The molecule has 0 fully saturated rings. The molecule has 2 aromatic carbocycles. The van der Waals surface area contributed by atoms with Crippen molar-refractivity contribution in [2.45, 2.75) is 31.7 Å². The highest BCUT2D eigenvalue weighted by atomic mass is 31.2. The molecule has 0 unspecified atom stereocenters. The Labute approximate surface area is 143 Å². The van der Waals surface area contributed by atoms with E-state index in [9.17, 15) is 9.36 Å². The van der Waals surface area contributed by atoms with Crippen molar-refractivity contribution in [1.82, 2.24) is 0 Å². The quantitative estimate of drug-likeness (QED) is 0.541. The van der Waals surface area contributed by atoms with Crippen LogP contribution < -0.4 is 16.3 Å². The fourth-order valence-corrected chi connectivity index (χ4v) is 5.53. The van der Waals surface area contributed by atoms with Crippen LogP contribution in [0.25, 0.3) is 0 Å². The monoisotopic (exact) mass is 345 g/mol. The van der Waals surface area contributed by atoms with Gasteiger partial charge in [0, 0.05) is 16.8 Å². The van der Waals surface area contributed by atoms with E-state index in [0.717, 1.165) is 29.9 Å². The average Bonchev–Trinajstić information content (AvgIpc) is 2.62. The molecule has 0 aromatic heterocycles. The number of aliphatic carboxylic acids is 1. The van der Waals surface area contributed by atoms with E-state index in [0.29, 0.717) is 12.6 Å². The maximum absolute atomic E-state index is 13.7. The molecule has 3 N–H and O–H groups in total. The Bertz CT molecular complexity index is 645. The highest BCUT2D eigenvalue weighted by molar-refractivity contribution is 7.78. The van der Waals surface area contributed by atoms with Crippen LogP contribution in [0.2, 0.25) is 0 Å². The molecule has 0 saturated heterocycles. The molecule has 24 heavy (non-hydrogen) atoms. The van der Waals surface area contributed by atoms with Crippen molar-refractivity contribution in [2.75, 3.05) is 6.16 Å². The molecular formula is C19H24NO3P. The summed E-state index contributed by atoms with van der Waals surface area (Å²) in [6.45, 7) is 0. The molecule has 0 radical (unpaired) electrons. The predicted octanol–water partition coefficient (Wildman–Crippen LogP) is 2.97. The molecule has 0 saturated carbocycles. The van der Waals surface area contributed by atoms with Gasteiger partial charge in [-0.3, -0.25) is 4.79 Å². The zero-order valence-corrected chi connectivity index (χ0v) is 14.6. The second-order valence-corrected chi connectivity index (χ2v) is 8.89. The Morgan fingerprint density at radius 3 is 1.88 bits per heavy atom. The van der Waals surface area contributed by atoms with Crippen LogP contribution in [0.3, 0.4) is 0 Å². The van der Waals surface area contributed by atoms with Crippen LogP contribution in [-0.2, 0) is 9.36 Å². The number of benzene rings is 2. The molecule has 0 aliphatic heterocycles. The Hall–Kier alpha value is -1.90. The first-order chi connectivity index (χ1) is 11.5. The minimum atomic E-state index is -2.65. The summed E-state index contributed by atoms with van der Waals surface area (Å²) in [5, 5.41) is 10.5. The molecule has 5 heteroatoms. The first-order valence-corrected chi connectivity index (χ1v) is 10.1. The molecule has 1 atom stereocenters. The zero-order valence-electron chi connectivity index (χ0n) is 13.7. The van der Waals surface area contributed by atoms with Gasteiger partial charge in [0.25, 0.3) is 0 Å². The summed E-state index contributed by atoms with van der Waals surface area (Å²) in [7, 11) is -2.65. The smallest absolute Gasteiger partial charge is 0.320 e. The van der Waals surface area contributed by atoms with Crippen molar-refractivity contribution < 1.29 is 14.5 Å². The molecule has 0 bridgehead atoms. The van der Waals surface area contributed by atoms with Crippen molar-refractivity contribution in [3.8, 4) is 0 Å². The fraction of sp³-hybridized carbons (Fsp3) is 0.316. The van der Waals surface area contributed by atoms with Crippen LogP contribution in [0, 0.1) is 0 Å². The van der Waals surface area contributed by atoms with Gasteiger partial charge in [-0.25, -0.2) is 0 Å². The lowest BCUT2D eigenvalue weighted by Crippen LogP contribution is -2.29. The third-order valence-electron chi connectivity index (χ3n) is 4.15. The van der Waals surface area contributed by atoms with Gasteiger partial charge in [0.2, 0.25) is 0 Å². The van der Waals surface area contributed by atoms with Gasteiger partial charge >= 0.3 is 5.97 Å². The second-order valence-electron chi connectivity index (χ2n) is 5.93. The van der Waals surface area contributed by atoms with E-state index in [1.165, 1.54) is 0 Å². The van der Waals surface area contributed by atoms with Crippen LogP contribution in [-0.4, -0.2) is 23.3 Å². The van der Waals surface area contributed by atoms with Crippen molar-refractivity contribution in [2.24, 2.45) is 5.73 Å². The summed E-state index contributed by atoms with van der Waals surface area (Å²) >= 11 is 0. The van der Waals surface area contributed by atoms with Crippen molar-refractivity contribution in [3.63, 3.8) is 0 Å². The average molecular weight is 345 g/mol. The lowest BCUT2D eigenvalue weighted by molar-refractivity contribution is -0.138. The van der Waals surface area contributed by atoms with E-state index in [-0.39, 0.29) is 0 Å². The number of carboxylic acids is 1. The van der Waals surface area contributed by atoms with E-state index in [4.69, 9.17) is 10.8 Å². The Morgan fingerprint density at radius 1 is 0.917 bits per heavy atom. The van der Waals surface area contributed by atoms with Gasteiger partial charge < -0.3 is 15.4 Å². The molecule has 128 valence electrons. The van der Waals surface area contributed by atoms with Gasteiger partial charge in [-0.1, -0.05) is 73.5 Å². The standard InChI is InChI=1S/C19H24NO3P/c20-18(19(21)22)14-8-3-9-15-24(23,16-10-4-1-5-11-16)17-12-6-2-7-13-17/h1-2,4-7,10-13,18H,3,8-9,14-15,20H2,(H,21,22)/t18-/m0/s1. The van der Waals surface area contributed by atoms with Crippen LogP contribution in [0.1, 0.15) is 25.7 Å². The Balaban J connectivity index is 2.03. The normalized spacial score (nSPS) is 12.7. The Morgan fingerprint density at radius 2 is 1.42 bits per heavy atom. The van der Waals surface area contributed by atoms with E-state index >= 15 is 0 Å². The van der Waals surface area contributed by atoms with E-state index in [2.05, 4.69) is 0 Å². The molecule has 4 nitrogen and oxygen atoms in total. The maximum Gasteiger partial charge on any atom is 0.320 e. The first kappa shape index (κ1) is 18.4. The SMILES string of the molecule is N[C@@H](CCCCCP(=O)(c1ccccc1)c1ccccc1)C(=O)O. The molecule has 0 amide bonds. The number of carboxylic acid groups (broad SMARTS) is 1. The Kier molecular flexibility index (Phi) is 6.77. The number of unbranched alkanes of at least 4 members (excludes halogenated alkanes) is 2. The fourth-order valence-electron chi connectivity index (χ4n) is 2.74. The number of nitrogens with two attached hydrogens (primary N) is 1. The zero-order chi connectivity index (χ0) is 17.4. The molecular weight excluding hydrogens is 321 g/mol. The summed E-state index contributed by atoms with van der Waals surface area (Å²) in [6.07, 6.45) is 3.38. The van der Waals surface area contributed by atoms with Gasteiger partial charge in [0.15, 0.2) is 0 Å². The minimum absolute atomic E-state index is 0.455. The number of hydrogen-bond acceptors (Lipinski definition) is 3. The third-order valence-corrected chi connectivity index (χ3v) is 7.36. The van der Waals surface area contributed by atoms with Crippen LogP contribution in [0.15, 0.2) is 60.7 Å². The van der Waals surface area contributed by atoms with E-state index < -0.39 is 19.2 Å². The largest absolute Gasteiger partial charge is 0.480 e. The highest BCUT2D eigenvalue weighted by Gasteiger charge is 2.26. The summed E-state index contributed by atoms with van der Waals surface area (Å²) in [6, 6.07) is 18.4. The number of carbonyl (C=O) groups is 1. The van der Waals surface area contributed by atoms with Crippen molar-refractivity contribution >= 4 is 23.7 Å². The lowest BCUT2D eigenvalue weighted by atomic mass is 10.1. The topological polar surface area (TPSA) is 80.4 Å². The second kappa shape index (κ2) is 8.81. The van der Waals surface area contributed by atoms with E-state index in [1.807, 2.05) is 60.7 Å². The summed E-state index contributed by atoms with van der Waals surface area (Å²) < 4.78 is 13.7. The van der Waals surface area contributed by atoms with Gasteiger partial charge in [-0.2, -0.15) is 0 Å². The maximum atomic E-state index is 13.7. The molecule has 2 rings (SSSR count). The molecule has 0 heterocycles. The first-order valence-electron chi connectivity index (χ1n) is 8.23. The third kappa shape index (κ3) is 4.80.